The van der Waals surface area contributed by atoms with Gasteiger partial charge in [-0.3, -0.25) is 9.10 Å². The molecule has 0 radical (unpaired) electrons. The zero-order chi connectivity index (χ0) is 22.7. The molecule has 7 heteroatoms. The summed E-state index contributed by atoms with van der Waals surface area (Å²) in [6, 6.07) is 24.3. The van der Waals surface area contributed by atoms with Gasteiger partial charge in [0.25, 0.3) is 0 Å². The van der Waals surface area contributed by atoms with Gasteiger partial charge in [0.15, 0.2) is 0 Å². The predicted octanol–water partition coefficient (Wildman–Crippen LogP) is 4.01. The summed E-state index contributed by atoms with van der Waals surface area (Å²) in [5.74, 6) is 0.372. The van der Waals surface area contributed by atoms with Crippen LogP contribution in [0.25, 0.3) is 0 Å². The molecule has 0 aromatic heterocycles. The smallest absolute Gasteiger partial charge is 0.248 e. The molecule has 1 aliphatic heterocycles. The molecule has 3 aromatic carbocycles. The minimum Gasteiger partial charge on any atom is -0.489 e. The second kappa shape index (κ2) is 9.04. The standard InChI is InChI=1S/C25H26N2O4S/c1-19-16-21-10-6-7-11-24(21)27(19)25(28)17-26(32(2,29)30)22-12-14-23(15-13-22)31-18-20-8-4-3-5-9-20/h3-15,19H,16-18H2,1-2H3/t19-/m0/s1. The van der Waals surface area contributed by atoms with Crippen molar-refractivity contribution in [3.8, 4) is 5.75 Å². The highest BCUT2D eigenvalue weighted by Crippen LogP contribution is 2.32. The number of amides is 1. The third kappa shape index (κ3) is 4.78. The van der Waals surface area contributed by atoms with Gasteiger partial charge in [-0.15, -0.1) is 0 Å². The van der Waals surface area contributed by atoms with Gasteiger partial charge in [0.1, 0.15) is 18.9 Å². The van der Waals surface area contributed by atoms with E-state index in [4.69, 9.17) is 4.74 Å². The quantitative estimate of drug-likeness (QED) is 0.546. The van der Waals surface area contributed by atoms with Crippen LogP contribution in [-0.4, -0.2) is 33.2 Å². The van der Waals surface area contributed by atoms with Crippen LogP contribution in [0.15, 0.2) is 78.9 Å². The van der Waals surface area contributed by atoms with Crippen LogP contribution in [0.2, 0.25) is 0 Å². The van der Waals surface area contributed by atoms with Crippen LogP contribution in [0.4, 0.5) is 11.4 Å². The van der Waals surface area contributed by atoms with E-state index in [1.165, 1.54) is 0 Å². The Balaban J connectivity index is 1.50. The van der Waals surface area contributed by atoms with Crippen molar-refractivity contribution < 1.29 is 17.9 Å². The molecule has 1 atom stereocenters. The van der Waals surface area contributed by atoms with Crippen molar-refractivity contribution in [2.75, 3.05) is 22.0 Å². The Bertz CT molecular complexity index is 1190. The number of para-hydroxylation sites is 1. The van der Waals surface area contributed by atoms with Crippen LogP contribution in [0.5, 0.6) is 5.75 Å². The van der Waals surface area contributed by atoms with Crippen LogP contribution in [0, 0.1) is 0 Å². The summed E-state index contributed by atoms with van der Waals surface area (Å²) in [4.78, 5) is 14.9. The van der Waals surface area contributed by atoms with E-state index in [1.54, 1.807) is 29.2 Å². The number of ether oxygens (including phenoxy) is 1. The molecule has 1 aliphatic rings. The van der Waals surface area contributed by atoms with E-state index in [0.29, 0.717) is 18.0 Å². The highest BCUT2D eigenvalue weighted by Gasteiger charge is 2.33. The van der Waals surface area contributed by atoms with Crippen LogP contribution < -0.4 is 13.9 Å². The Hall–Kier alpha value is -3.32. The molecule has 0 spiro atoms. The summed E-state index contributed by atoms with van der Waals surface area (Å²) in [5.41, 5.74) is 3.41. The molecule has 1 heterocycles. The molecule has 0 saturated carbocycles. The first-order chi connectivity index (χ1) is 15.3. The summed E-state index contributed by atoms with van der Waals surface area (Å²) < 4.78 is 32.0. The van der Waals surface area contributed by atoms with Crippen LogP contribution in [-0.2, 0) is 27.8 Å². The number of nitrogens with zero attached hydrogens (tertiary/aromatic N) is 2. The van der Waals surface area contributed by atoms with E-state index in [1.807, 2.05) is 61.5 Å². The van der Waals surface area contributed by atoms with Gasteiger partial charge < -0.3 is 9.64 Å². The lowest BCUT2D eigenvalue weighted by Crippen LogP contribution is -2.45. The maximum Gasteiger partial charge on any atom is 0.248 e. The lowest BCUT2D eigenvalue weighted by molar-refractivity contribution is -0.117. The molecule has 3 aromatic rings. The average Bonchev–Trinajstić information content (AvgIpc) is 3.12. The maximum atomic E-state index is 13.2. The van der Waals surface area contributed by atoms with E-state index in [-0.39, 0.29) is 18.5 Å². The number of sulfonamides is 1. The van der Waals surface area contributed by atoms with Crippen LogP contribution >= 0.6 is 0 Å². The van der Waals surface area contributed by atoms with E-state index < -0.39 is 10.0 Å². The molecule has 166 valence electrons. The van der Waals surface area contributed by atoms with Crippen molar-refractivity contribution in [2.24, 2.45) is 0 Å². The number of rotatable bonds is 7. The first-order valence-corrected chi connectivity index (χ1v) is 12.3. The molecule has 0 fully saturated rings. The Kier molecular flexibility index (Phi) is 6.19. The van der Waals surface area contributed by atoms with Gasteiger partial charge in [-0.2, -0.15) is 0 Å². The topological polar surface area (TPSA) is 66.9 Å². The van der Waals surface area contributed by atoms with Gasteiger partial charge in [-0.05, 0) is 54.8 Å². The normalized spacial score (nSPS) is 15.3. The van der Waals surface area contributed by atoms with Crippen molar-refractivity contribution in [1.82, 2.24) is 0 Å². The van der Waals surface area contributed by atoms with Crippen LogP contribution in [0.1, 0.15) is 18.1 Å². The Morgan fingerprint density at radius 2 is 1.66 bits per heavy atom. The van der Waals surface area contributed by atoms with Crippen molar-refractivity contribution >= 4 is 27.3 Å². The first-order valence-electron chi connectivity index (χ1n) is 10.5. The van der Waals surface area contributed by atoms with E-state index in [2.05, 4.69) is 0 Å². The number of anilines is 2. The number of benzene rings is 3. The van der Waals surface area contributed by atoms with Crippen molar-refractivity contribution in [3.63, 3.8) is 0 Å². The second-order valence-corrected chi connectivity index (χ2v) is 9.89. The largest absolute Gasteiger partial charge is 0.489 e. The molecule has 32 heavy (non-hydrogen) atoms. The van der Waals surface area contributed by atoms with Gasteiger partial charge in [0.2, 0.25) is 15.9 Å². The summed E-state index contributed by atoms with van der Waals surface area (Å²) >= 11 is 0. The van der Waals surface area contributed by atoms with Crippen molar-refractivity contribution in [1.29, 1.82) is 0 Å². The zero-order valence-corrected chi connectivity index (χ0v) is 19.0. The fraction of sp³-hybridized carbons (Fsp3) is 0.240. The lowest BCUT2D eigenvalue weighted by atomic mass is 10.1. The molecule has 0 aliphatic carbocycles. The summed E-state index contributed by atoms with van der Waals surface area (Å²) in [6.07, 6.45) is 1.87. The highest BCUT2D eigenvalue weighted by atomic mass is 32.2. The molecular formula is C25H26N2O4S. The van der Waals surface area contributed by atoms with E-state index in [0.717, 1.165) is 33.8 Å². The van der Waals surface area contributed by atoms with Crippen LogP contribution in [0.3, 0.4) is 0 Å². The molecule has 0 bridgehead atoms. The van der Waals surface area contributed by atoms with Gasteiger partial charge in [-0.1, -0.05) is 48.5 Å². The van der Waals surface area contributed by atoms with E-state index in [9.17, 15) is 13.2 Å². The predicted molar refractivity (Wildman–Crippen MR) is 126 cm³/mol. The van der Waals surface area contributed by atoms with Gasteiger partial charge in [0, 0.05) is 11.7 Å². The lowest BCUT2D eigenvalue weighted by Gasteiger charge is -2.28. The number of hydrogen-bond acceptors (Lipinski definition) is 4. The molecule has 4 rings (SSSR count). The van der Waals surface area contributed by atoms with E-state index >= 15 is 0 Å². The molecule has 6 nitrogen and oxygen atoms in total. The monoisotopic (exact) mass is 450 g/mol. The second-order valence-electron chi connectivity index (χ2n) is 7.98. The molecule has 0 unspecified atom stereocenters. The van der Waals surface area contributed by atoms with Crippen molar-refractivity contribution in [3.05, 3.63) is 90.0 Å². The number of fused-ring (bicyclic) bond motifs is 1. The number of carbonyl (C=O) groups is 1. The molecule has 0 N–H and O–H groups in total. The third-order valence-electron chi connectivity index (χ3n) is 5.53. The first kappa shape index (κ1) is 21.9. The van der Waals surface area contributed by atoms with Crippen molar-refractivity contribution in [2.45, 2.75) is 26.0 Å². The van der Waals surface area contributed by atoms with Gasteiger partial charge in [-0.25, -0.2) is 8.42 Å². The fourth-order valence-corrected chi connectivity index (χ4v) is 4.84. The number of hydrogen-bond donors (Lipinski definition) is 0. The summed E-state index contributed by atoms with van der Waals surface area (Å²) in [6.45, 7) is 2.13. The zero-order valence-electron chi connectivity index (χ0n) is 18.1. The highest BCUT2D eigenvalue weighted by molar-refractivity contribution is 7.92. The minimum absolute atomic E-state index is 0.0185. The summed E-state index contributed by atoms with van der Waals surface area (Å²) in [7, 11) is -3.66. The van der Waals surface area contributed by atoms with Gasteiger partial charge in [0.05, 0.1) is 11.9 Å². The molecule has 1 amide bonds. The fourth-order valence-electron chi connectivity index (χ4n) is 3.99. The average molecular weight is 451 g/mol. The SMILES string of the molecule is C[C@H]1Cc2ccccc2N1C(=O)CN(c1ccc(OCc2ccccc2)cc1)S(C)(=O)=O. The van der Waals surface area contributed by atoms with Gasteiger partial charge >= 0.3 is 0 Å². The molecule has 0 saturated heterocycles. The summed E-state index contributed by atoms with van der Waals surface area (Å²) in [5, 5.41) is 0. The number of carbonyl (C=O) groups excluding carboxylic acids is 1. The Morgan fingerprint density at radius 3 is 2.34 bits per heavy atom. The minimum atomic E-state index is -3.66. The third-order valence-corrected chi connectivity index (χ3v) is 6.67. The maximum absolute atomic E-state index is 13.2. The Morgan fingerprint density at radius 1 is 1.00 bits per heavy atom. The molecular weight excluding hydrogens is 424 g/mol. The Labute approximate surface area is 189 Å².